The zero-order valence-electron chi connectivity index (χ0n) is 10.7. The number of H-pyrrole nitrogens is 1. The highest BCUT2D eigenvalue weighted by molar-refractivity contribution is 5.10. The first-order valence-electron chi connectivity index (χ1n) is 6.32. The van der Waals surface area contributed by atoms with E-state index in [1.807, 2.05) is 13.8 Å². The standard InChI is InChI=1S/C12H16N2O5/c1-3-12-6(2)18-8(9(12)16)10(19-12)14-5-4-7(15)13-11(14)17/h4-6,8-10,16H,3H2,1-2H3,(H,13,15,17)/t6?,8-,9-,10+,12+/m0/s1. The van der Waals surface area contributed by atoms with Crippen LogP contribution in [0.25, 0.3) is 0 Å². The van der Waals surface area contributed by atoms with E-state index in [4.69, 9.17) is 9.47 Å². The van der Waals surface area contributed by atoms with Crippen molar-refractivity contribution in [2.24, 2.45) is 0 Å². The number of aromatic amines is 1. The summed E-state index contributed by atoms with van der Waals surface area (Å²) in [6, 6.07) is 1.24. The molecule has 19 heavy (non-hydrogen) atoms. The number of fused-ring (bicyclic) bond motifs is 2. The molecule has 7 nitrogen and oxygen atoms in total. The smallest absolute Gasteiger partial charge is 0.330 e. The van der Waals surface area contributed by atoms with Crippen LogP contribution in [0.4, 0.5) is 0 Å². The highest BCUT2D eigenvalue weighted by atomic mass is 16.7. The first-order valence-corrected chi connectivity index (χ1v) is 6.32. The minimum Gasteiger partial charge on any atom is -0.387 e. The normalized spacial score (nSPS) is 40.8. The van der Waals surface area contributed by atoms with Gasteiger partial charge in [0, 0.05) is 12.3 Å². The predicted molar refractivity (Wildman–Crippen MR) is 64.8 cm³/mol. The molecule has 0 radical (unpaired) electrons. The van der Waals surface area contributed by atoms with Crippen molar-refractivity contribution < 1.29 is 14.6 Å². The third-order valence-corrected chi connectivity index (χ3v) is 4.16. The molecule has 7 heteroatoms. The number of hydrogen-bond donors (Lipinski definition) is 2. The van der Waals surface area contributed by atoms with E-state index >= 15 is 0 Å². The van der Waals surface area contributed by atoms with Crippen LogP contribution < -0.4 is 11.2 Å². The Kier molecular flexibility index (Phi) is 2.67. The number of aliphatic hydroxyl groups is 1. The van der Waals surface area contributed by atoms with Gasteiger partial charge in [-0.25, -0.2) is 4.79 Å². The summed E-state index contributed by atoms with van der Waals surface area (Å²) < 4.78 is 12.8. The average Bonchev–Trinajstić information content (AvgIpc) is 2.77. The van der Waals surface area contributed by atoms with Crippen molar-refractivity contribution in [2.45, 2.75) is 50.4 Å². The zero-order valence-corrected chi connectivity index (χ0v) is 10.7. The van der Waals surface area contributed by atoms with Crippen molar-refractivity contribution in [3.8, 4) is 0 Å². The van der Waals surface area contributed by atoms with E-state index in [2.05, 4.69) is 4.98 Å². The average molecular weight is 268 g/mol. The second kappa shape index (κ2) is 4.03. The molecule has 3 rings (SSSR count). The molecule has 2 bridgehead atoms. The summed E-state index contributed by atoms with van der Waals surface area (Å²) in [4.78, 5) is 25.0. The van der Waals surface area contributed by atoms with Crippen molar-refractivity contribution >= 4 is 0 Å². The van der Waals surface area contributed by atoms with Gasteiger partial charge in [0.2, 0.25) is 0 Å². The van der Waals surface area contributed by atoms with Crippen molar-refractivity contribution in [3.05, 3.63) is 33.1 Å². The lowest BCUT2D eigenvalue weighted by Gasteiger charge is -2.35. The molecular formula is C12H16N2O5. The lowest BCUT2D eigenvalue weighted by atomic mass is 9.91. The third-order valence-electron chi connectivity index (χ3n) is 4.16. The number of nitrogens with one attached hydrogen (secondary N) is 1. The number of aliphatic hydroxyl groups excluding tert-OH is 1. The van der Waals surface area contributed by atoms with Crippen molar-refractivity contribution in [2.75, 3.05) is 0 Å². The summed E-state index contributed by atoms with van der Waals surface area (Å²) in [5.41, 5.74) is -1.82. The van der Waals surface area contributed by atoms with E-state index in [0.29, 0.717) is 6.42 Å². The second-order valence-electron chi connectivity index (χ2n) is 5.02. The molecular weight excluding hydrogens is 252 g/mol. The first-order chi connectivity index (χ1) is 8.99. The van der Waals surface area contributed by atoms with Crippen molar-refractivity contribution in [3.63, 3.8) is 0 Å². The molecule has 0 aromatic carbocycles. The molecule has 1 aromatic heterocycles. The van der Waals surface area contributed by atoms with Gasteiger partial charge in [-0.05, 0) is 13.3 Å². The molecule has 2 saturated heterocycles. The molecule has 0 amide bonds. The van der Waals surface area contributed by atoms with Crippen LogP contribution in [-0.2, 0) is 9.47 Å². The molecule has 1 unspecified atom stereocenters. The van der Waals surface area contributed by atoms with Crippen LogP contribution in [0.15, 0.2) is 21.9 Å². The van der Waals surface area contributed by atoms with Crippen LogP contribution in [0.1, 0.15) is 26.5 Å². The Hall–Kier alpha value is -1.44. The van der Waals surface area contributed by atoms with Crippen LogP contribution in [0.3, 0.4) is 0 Å². The molecule has 104 valence electrons. The molecule has 1 aromatic rings. The first kappa shape index (κ1) is 12.6. The number of ether oxygens (including phenoxy) is 2. The lowest BCUT2D eigenvalue weighted by Crippen LogP contribution is -2.46. The van der Waals surface area contributed by atoms with E-state index in [9.17, 15) is 14.7 Å². The number of aromatic nitrogens is 2. The summed E-state index contributed by atoms with van der Waals surface area (Å²) in [5, 5.41) is 10.3. The Bertz CT molecular complexity index is 609. The molecule has 0 spiro atoms. The molecule has 2 N–H and O–H groups in total. The van der Waals surface area contributed by atoms with Gasteiger partial charge in [-0.1, -0.05) is 6.92 Å². The molecule has 0 saturated carbocycles. The van der Waals surface area contributed by atoms with Crippen molar-refractivity contribution in [1.82, 2.24) is 9.55 Å². The molecule has 0 aliphatic carbocycles. The summed E-state index contributed by atoms with van der Waals surface area (Å²) in [5.74, 6) is 0. The minimum atomic E-state index is -0.787. The third kappa shape index (κ3) is 1.55. The topological polar surface area (TPSA) is 93.6 Å². The monoisotopic (exact) mass is 268 g/mol. The molecule has 3 heterocycles. The fourth-order valence-electron chi connectivity index (χ4n) is 3.05. The van der Waals surface area contributed by atoms with Gasteiger partial charge in [-0.2, -0.15) is 0 Å². The van der Waals surface area contributed by atoms with E-state index in [0.717, 1.165) is 0 Å². The number of rotatable bonds is 2. The maximum absolute atomic E-state index is 11.8. The summed E-state index contributed by atoms with van der Waals surface area (Å²) in [6.45, 7) is 3.75. The van der Waals surface area contributed by atoms with Gasteiger partial charge in [0.1, 0.15) is 17.8 Å². The van der Waals surface area contributed by atoms with Gasteiger partial charge in [-0.15, -0.1) is 0 Å². The fourth-order valence-corrected chi connectivity index (χ4v) is 3.05. The van der Waals surface area contributed by atoms with Crippen LogP contribution >= 0.6 is 0 Å². The SMILES string of the molecule is CC[C@@]12O[C@@H](n3ccc(=O)[nH]c3=O)[C@@H](OC1C)[C@@H]2O. The molecule has 2 aliphatic heterocycles. The van der Waals surface area contributed by atoms with Crippen LogP contribution in [0.5, 0.6) is 0 Å². The molecule has 5 atom stereocenters. The lowest BCUT2D eigenvalue weighted by molar-refractivity contribution is -0.208. The minimum absolute atomic E-state index is 0.229. The summed E-state index contributed by atoms with van der Waals surface area (Å²) in [7, 11) is 0. The van der Waals surface area contributed by atoms with E-state index in [1.54, 1.807) is 0 Å². The fraction of sp³-hybridized carbons (Fsp3) is 0.667. The Morgan fingerprint density at radius 3 is 2.84 bits per heavy atom. The van der Waals surface area contributed by atoms with Crippen LogP contribution in [0.2, 0.25) is 0 Å². The van der Waals surface area contributed by atoms with Gasteiger partial charge in [0.05, 0.1) is 6.10 Å². The van der Waals surface area contributed by atoms with E-state index in [1.165, 1.54) is 16.8 Å². The largest absolute Gasteiger partial charge is 0.387 e. The Morgan fingerprint density at radius 2 is 2.26 bits per heavy atom. The van der Waals surface area contributed by atoms with E-state index in [-0.39, 0.29) is 6.10 Å². The van der Waals surface area contributed by atoms with E-state index < -0.39 is 35.3 Å². The summed E-state index contributed by atoms with van der Waals surface area (Å²) in [6.07, 6.45) is -0.380. The van der Waals surface area contributed by atoms with Gasteiger partial charge < -0.3 is 14.6 Å². The van der Waals surface area contributed by atoms with Gasteiger partial charge >= 0.3 is 5.69 Å². The molecule has 2 aliphatic rings. The Morgan fingerprint density at radius 1 is 1.53 bits per heavy atom. The van der Waals surface area contributed by atoms with Gasteiger partial charge in [-0.3, -0.25) is 14.3 Å². The quantitative estimate of drug-likeness (QED) is 0.744. The predicted octanol–water partition coefficient (Wildman–Crippen LogP) is -0.638. The Balaban J connectivity index is 2.02. The van der Waals surface area contributed by atoms with Gasteiger partial charge in [0.15, 0.2) is 6.23 Å². The zero-order chi connectivity index (χ0) is 13.8. The molecule has 2 fully saturated rings. The number of nitrogens with zero attached hydrogens (tertiary/aromatic N) is 1. The van der Waals surface area contributed by atoms with Crippen LogP contribution in [0, 0.1) is 0 Å². The number of hydrogen-bond acceptors (Lipinski definition) is 5. The highest BCUT2D eigenvalue weighted by Gasteiger charge is 2.64. The Labute approximate surface area is 108 Å². The maximum atomic E-state index is 11.8. The highest BCUT2D eigenvalue weighted by Crippen LogP contribution is 2.49. The summed E-state index contributed by atoms with van der Waals surface area (Å²) >= 11 is 0. The van der Waals surface area contributed by atoms with Crippen molar-refractivity contribution in [1.29, 1.82) is 0 Å². The maximum Gasteiger partial charge on any atom is 0.330 e. The van der Waals surface area contributed by atoms with Crippen LogP contribution in [-0.4, -0.2) is 38.6 Å². The second-order valence-corrected chi connectivity index (χ2v) is 5.02. The van der Waals surface area contributed by atoms with Gasteiger partial charge in [0.25, 0.3) is 5.56 Å².